The van der Waals surface area contributed by atoms with E-state index in [0.29, 0.717) is 6.61 Å². The fourth-order valence-electron chi connectivity index (χ4n) is 3.83. The van der Waals surface area contributed by atoms with Gasteiger partial charge in [-0.25, -0.2) is 0 Å². The van der Waals surface area contributed by atoms with E-state index >= 15 is 0 Å². The number of nitrogens with one attached hydrogen (secondary N) is 2. The molecule has 4 unspecified atom stereocenters. The van der Waals surface area contributed by atoms with Crippen LogP contribution >= 0.6 is 0 Å². The van der Waals surface area contributed by atoms with E-state index in [-0.39, 0.29) is 42.5 Å². The lowest BCUT2D eigenvalue weighted by molar-refractivity contribution is -0.130. The Morgan fingerprint density at radius 2 is 2.12 bits per heavy atom. The summed E-state index contributed by atoms with van der Waals surface area (Å²) in [6, 6.07) is 7.57. The molecule has 1 aliphatic carbocycles. The highest BCUT2D eigenvalue weighted by Crippen LogP contribution is 2.39. The average molecular weight is 328 g/mol. The number of para-hydroxylation sites is 1. The monoisotopic (exact) mass is 328 g/mol. The van der Waals surface area contributed by atoms with Gasteiger partial charge in [0.05, 0.1) is 29.9 Å². The predicted octanol–water partition coefficient (Wildman–Crippen LogP) is 0.445. The van der Waals surface area contributed by atoms with E-state index in [0.717, 1.165) is 17.3 Å². The van der Waals surface area contributed by atoms with Gasteiger partial charge in [-0.3, -0.25) is 14.3 Å². The summed E-state index contributed by atoms with van der Waals surface area (Å²) in [6.45, 7) is 2.33. The molecular weight excluding hydrogens is 308 g/mol. The first-order chi connectivity index (χ1) is 11.6. The molecule has 1 aromatic heterocycles. The molecule has 7 heteroatoms. The van der Waals surface area contributed by atoms with E-state index < -0.39 is 0 Å². The van der Waals surface area contributed by atoms with Crippen molar-refractivity contribution < 1.29 is 14.3 Å². The van der Waals surface area contributed by atoms with Crippen LogP contribution in [-0.2, 0) is 20.9 Å². The zero-order valence-corrected chi connectivity index (χ0v) is 13.4. The van der Waals surface area contributed by atoms with E-state index in [1.807, 2.05) is 24.3 Å². The second-order valence-corrected chi connectivity index (χ2v) is 6.47. The van der Waals surface area contributed by atoms with Crippen molar-refractivity contribution in [3.8, 4) is 0 Å². The van der Waals surface area contributed by atoms with Gasteiger partial charge in [0.15, 0.2) is 0 Å². The predicted molar refractivity (Wildman–Crippen MR) is 87.1 cm³/mol. The van der Waals surface area contributed by atoms with Gasteiger partial charge in [0, 0.05) is 24.8 Å². The number of benzene rings is 1. The van der Waals surface area contributed by atoms with Crippen LogP contribution in [0.15, 0.2) is 30.5 Å². The molecule has 2 N–H and O–H groups in total. The molecule has 2 aromatic rings. The van der Waals surface area contributed by atoms with Crippen LogP contribution in [0.1, 0.15) is 13.3 Å². The zero-order chi connectivity index (χ0) is 16.7. The molecule has 4 rings (SSSR count). The Balaban J connectivity index is 1.44. The van der Waals surface area contributed by atoms with Crippen molar-refractivity contribution >= 4 is 22.7 Å². The van der Waals surface area contributed by atoms with Crippen molar-refractivity contribution in [1.82, 2.24) is 20.4 Å². The van der Waals surface area contributed by atoms with Crippen LogP contribution in [0.4, 0.5) is 0 Å². The number of carbonyl (C=O) groups is 2. The lowest BCUT2D eigenvalue weighted by Crippen LogP contribution is -2.71. The number of amides is 2. The van der Waals surface area contributed by atoms with Crippen LogP contribution in [0.5, 0.6) is 0 Å². The molecule has 2 heterocycles. The number of carbonyl (C=O) groups excluding carboxylic acids is 2. The number of rotatable bonds is 4. The van der Waals surface area contributed by atoms with E-state index in [2.05, 4.69) is 15.7 Å². The molecule has 2 amide bonds. The standard InChI is InChI=1S/C17H20N4O3/c1-10(22)19-16-15(12-6-7-24-17(12)16)20-14(23)9-21-13-5-3-2-4-11(13)8-18-21/h2-5,8,12,15-17H,6-7,9H2,1H3,(H,19,22)(H,20,23). The molecule has 2 aliphatic rings. The van der Waals surface area contributed by atoms with Gasteiger partial charge in [0.2, 0.25) is 11.8 Å². The largest absolute Gasteiger partial charge is 0.376 e. The molecule has 0 radical (unpaired) electrons. The first kappa shape index (κ1) is 15.1. The first-order valence-corrected chi connectivity index (χ1v) is 8.22. The highest BCUT2D eigenvalue weighted by molar-refractivity contribution is 5.82. The van der Waals surface area contributed by atoms with Crippen molar-refractivity contribution in [2.75, 3.05) is 6.61 Å². The highest BCUT2D eigenvalue weighted by atomic mass is 16.5. The minimum absolute atomic E-state index is 0.0183. The molecule has 1 saturated heterocycles. The lowest BCUT2D eigenvalue weighted by Gasteiger charge is -2.47. The summed E-state index contributed by atoms with van der Waals surface area (Å²) in [6.07, 6.45) is 2.69. The Morgan fingerprint density at radius 3 is 2.96 bits per heavy atom. The van der Waals surface area contributed by atoms with Crippen LogP contribution in [0.25, 0.3) is 10.9 Å². The number of aromatic nitrogens is 2. The number of hydrogen-bond acceptors (Lipinski definition) is 4. The van der Waals surface area contributed by atoms with Crippen LogP contribution in [-0.4, -0.2) is 46.4 Å². The molecule has 4 atom stereocenters. The van der Waals surface area contributed by atoms with Crippen molar-refractivity contribution in [2.45, 2.75) is 38.1 Å². The number of ether oxygens (including phenoxy) is 1. The summed E-state index contributed by atoms with van der Waals surface area (Å²) < 4.78 is 7.35. The Kier molecular flexibility index (Phi) is 3.72. The molecule has 2 fully saturated rings. The average Bonchev–Trinajstić information content (AvgIpc) is 3.16. The molecule has 24 heavy (non-hydrogen) atoms. The van der Waals surface area contributed by atoms with Crippen molar-refractivity contribution in [1.29, 1.82) is 0 Å². The molecule has 126 valence electrons. The summed E-state index contributed by atoms with van der Waals surface area (Å²) in [4.78, 5) is 23.8. The topological polar surface area (TPSA) is 85.3 Å². The maximum absolute atomic E-state index is 12.5. The fraction of sp³-hybridized carbons (Fsp3) is 0.471. The summed E-state index contributed by atoms with van der Waals surface area (Å²) in [5.74, 6) is 0.0704. The molecule has 0 bridgehead atoms. The Bertz CT molecular complexity index is 787. The molecule has 1 aromatic carbocycles. The van der Waals surface area contributed by atoms with Gasteiger partial charge in [0.25, 0.3) is 0 Å². The Hall–Kier alpha value is -2.41. The molecular formula is C17H20N4O3. The Labute approximate surface area is 139 Å². The lowest BCUT2D eigenvalue weighted by atomic mass is 9.71. The Morgan fingerprint density at radius 1 is 1.29 bits per heavy atom. The summed E-state index contributed by atoms with van der Waals surface area (Å²) in [7, 11) is 0. The minimum atomic E-state index is -0.145. The van der Waals surface area contributed by atoms with E-state index in [4.69, 9.17) is 4.74 Å². The molecule has 1 aliphatic heterocycles. The summed E-state index contributed by atoms with van der Waals surface area (Å²) in [5, 5.41) is 11.2. The minimum Gasteiger partial charge on any atom is -0.376 e. The quantitative estimate of drug-likeness (QED) is 0.853. The second kappa shape index (κ2) is 5.90. The second-order valence-electron chi connectivity index (χ2n) is 6.47. The molecule has 1 saturated carbocycles. The normalized spacial score (nSPS) is 28.2. The third-order valence-electron chi connectivity index (χ3n) is 4.93. The van der Waals surface area contributed by atoms with Gasteiger partial charge in [-0.1, -0.05) is 18.2 Å². The highest BCUT2D eigenvalue weighted by Gasteiger charge is 2.54. The smallest absolute Gasteiger partial charge is 0.242 e. The van der Waals surface area contributed by atoms with Crippen molar-refractivity contribution in [3.63, 3.8) is 0 Å². The molecule has 0 spiro atoms. The third-order valence-corrected chi connectivity index (χ3v) is 4.93. The van der Waals surface area contributed by atoms with Gasteiger partial charge in [0.1, 0.15) is 6.54 Å². The maximum atomic E-state index is 12.5. The van der Waals surface area contributed by atoms with Crippen LogP contribution in [0, 0.1) is 5.92 Å². The fourth-order valence-corrected chi connectivity index (χ4v) is 3.83. The van der Waals surface area contributed by atoms with Gasteiger partial charge >= 0.3 is 0 Å². The number of fused-ring (bicyclic) bond motifs is 2. The van der Waals surface area contributed by atoms with Crippen LogP contribution in [0.2, 0.25) is 0 Å². The van der Waals surface area contributed by atoms with Gasteiger partial charge in [-0.15, -0.1) is 0 Å². The van der Waals surface area contributed by atoms with Crippen LogP contribution < -0.4 is 10.6 Å². The maximum Gasteiger partial charge on any atom is 0.242 e. The SMILES string of the molecule is CC(=O)NC1C(NC(=O)Cn2ncc3ccccc32)C2CCOC21. The van der Waals surface area contributed by atoms with E-state index in [1.54, 1.807) is 10.9 Å². The van der Waals surface area contributed by atoms with E-state index in [1.165, 1.54) is 6.92 Å². The zero-order valence-electron chi connectivity index (χ0n) is 13.4. The summed E-state index contributed by atoms with van der Waals surface area (Å²) >= 11 is 0. The first-order valence-electron chi connectivity index (χ1n) is 8.22. The van der Waals surface area contributed by atoms with Gasteiger partial charge < -0.3 is 15.4 Å². The van der Waals surface area contributed by atoms with Gasteiger partial charge in [-0.2, -0.15) is 5.10 Å². The third kappa shape index (κ3) is 2.54. The molecule has 7 nitrogen and oxygen atoms in total. The van der Waals surface area contributed by atoms with E-state index in [9.17, 15) is 9.59 Å². The van der Waals surface area contributed by atoms with Crippen LogP contribution in [0.3, 0.4) is 0 Å². The van der Waals surface area contributed by atoms with Crippen molar-refractivity contribution in [2.24, 2.45) is 5.92 Å². The van der Waals surface area contributed by atoms with Crippen molar-refractivity contribution in [3.05, 3.63) is 30.5 Å². The number of hydrogen-bond donors (Lipinski definition) is 2. The summed E-state index contributed by atoms with van der Waals surface area (Å²) in [5.41, 5.74) is 0.932. The van der Waals surface area contributed by atoms with Gasteiger partial charge in [-0.05, 0) is 12.5 Å². The number of nitrogens with zero attached hydrogens (tertiary/aromatic N) is 2.